The molecule has 2 N–H and O–H groups in total. The number of aromatic nitrogens is 2. The molecule has 0 aliphatic carbocycles. The Bertz CT molecular complexity index is 592. The molecule has 3 rings (SSSR count). The molecular weight excluding hydrogens is 252 g/mol. The van der Waals surface area contributed by atoms with E-state index in [0.717, 1.165) is 29.1 Å². The van der Waals surface area contributed by atoms with Gasteiger partial charge in [-0.05, 0) is 6.07 Å². The van der Waals surface area contributed by atoms with Crippen molar-refractivity contribution in [2.75, 3.05) is 31.2 Å². The summed E-state index contributed by atoms with van der Waals surface area (Å²) in [5, 5.41) is 0.887. The predicted molar refractivity (Wildman–Crippen MR) is 69.0 cm³/mol. The van der Waals surface area contributed by atoms with E-state index in [1.54, 1.807) is 6.07 Å². The highest BCUT2D eigenvalue weighted by atomic mass is 32.1. The lowest BCUT2D eigenvalue weighted by atomic mass is 10.3. The van der Waals surface area contributed by atoms with Crippen molar-refractivity contribution < 1.29 is 9.53 Å². The van der Waals surface area contributed by atoms with Crippen LogP contribution < -0.4 is 10.6 Å². The number of carbonyl (C=O) groups excluding carboxylic acids is 1. The minimum atomic E-state index is -0.425. The molecule has 6 nitrogen and oxygen atoms in total. The van der Waals surface area contributed by atoms with Crippen molar-refractivity contribution >= 4 is 33.3 Å². The normalized spacial score (nSPS) is 16.1. The molecule has 0 spiro atoms. The maximum absolute atomic E-state index is 11.2. The number of primary amides is 1. The summed E-state index contributed by atoms with van der Waals surface area (Å²) >= 11 is 1.30. The molecule has 1 fully saturated rings. The van der Waals surface area contributed by atoms with Gasteiger partial charge in [0.2, 0.25) is 0 Å². The molecule has 7 heteroatoms. The largest absolute Gasteiger partial charge is 0.378 e. The Morgan fingerprint density at radius 1 is 1.39 bits per heavy atom. The van der Waals surface area contributed by atoms with Gasteiger partial charge < -0.3 is 15.4 Å². The van der Waals surface area contributed by atoms with E-state index >= 15 is 0 Å². The zero-order valence-corrected chi connectivity index (χ0v) is 10.4. The molecule has 0 atom stereocenters. The fourth-order valence-electron chi connectivity index (χ4n) is 1.99. The number of rotatable bonds is 2. The zero-order chi connectivity index (χ0) is 12.5. The smallest absolute Gasteiger partial charge is 0.258 e. The number of carbonyl (C=O) groups is 1. The van der Waals surface area contributed by atoms with Gasteiger partial charge >= 0.3 is 0 Å². The molecule has 1 aliphatic heterocycles. The number of thiophene rings is 1. The number of nitrogens with two attached hydrogens (primary N) is 1. The van der Waals surface area contributed by atoms with Crippen LogP contribution in [0.4, 0.5) is 5.82 Å². The van der Waals surface area contributed by atoms with Crippen molar-refractivity contribution in [2.24, 2.45) is 5.73 Å². The third-order valence-corrected chi connectivity index (χ3v) is 3.92. The third-order valence-electron chi connectivity index (χ3n) is 2.86. The summed E-state index contributed by atoms with van der Waals surface area (Å²) in [6, 6.07) is 1.77. The van der Waals surface area contributed by atoms with Gasteiger partial charge in [-0.15, -0.1) is 11.3 Å². The van der Waals surface area contributed by atoms with Crippen LogP contribution >= 0.6 is 11.3 Å². The van der Waals surface area contributed by atoms with Crippen molar-refractivity contribution in [1.82, 2.24) is 9.97 Å². The Kier molecular flexibility index (Phi) is 2.85. The van der Waals surface area contributed by atoms with Gasteiger partial charge in [-0.1, -0.05) is 0 Å². The van der Waals surface area contributed by atoms with E-state index in [4.69, 9.17) is 10.5 Å². The molecule has 1 aliphatic rings. The molecule has 3 heterocycles. The first-order chi connectivity index (χ1) is 8.75. The summed E-state index contributed by atoms with van der Waals surface area (Å²) < 4.78 is 5.32. The molecule has 94 valence electrons. The molecule has 2 aromatic rings. The second-order valence-corrected chi connectivity index (χ2v) is 5.02. The first-order valence-electron chi connectivity index (χ1n) is 5.63. The van der Waals surface area contributed by atoms with E-state index in [0.29, 0.717) is 18.1 Å². The van der Waals surface area contributed by atoms with E-state index in [2.05, 4.69) is 14.9 Å². The number of nitrogens with zero attached hydrogens (tertiary/aromatic N) is 3. The monoisotopic (exact) mass is 264 g/mol. The molecule has 0 unspecified atom stereocenters. The first kappa shape index (κ1) is 11.4. The minimum absolute atomic E-state index is 0.425. The van der Waals surface area contributed by atoms with Crippen LogP contribution in [0.25, 0.3) is 10.2 Å². The highest BCUT2D eigenvalue weighted by Gasteiger charge is 2.18. The van der Waals surface area contributed by atoms with Crippen LogP contribution in [0.3, 0.4) is 0 Å². The molecule has 0 bridgehead atoms. The maximum atomic E-state index is 11.2. The van der Waals surface area contributed by atoms with Crippen LogP contribution in [-0.4, -0.2) is 42.2 Å². The second-order valence-electron chi connectivity index (χ2n) is 3.99. The average Bonchev–Trinajstić information content (AvgIpc) is 2.83. The SMILES string of the molecule is NC(=O)c1cc2c(N3CCOCC3)ncnc2s1. The zero-order valence-electron chi connectivity index (χ0n) is 9.63. The van der Waals surface area contributed by atoms with Gasteiger partial charge in [0.15, 0.2) is 0 Å². The van der Waals surface area contributed by atoms with Gasteiger partial charge in [-0.25, -0.2) is 9.97 Å². The molecule has 2 aromatic heterocycles. The number of ether oxygens (including phenoxy) is 1. The van der Waals surface area contributed by atoms with E-state index < -0.39 is 5.91 Å². The minimum Gasteiger partial charge on any atom is -0.378 e. The number of morpholine rings is 1. The predicted octanol–water partition coefficient (Wildman–Crippen LogP) is 0.627. The molecule has 1 saturated heterocycles. The Morgan fingerprint density at radius 3 is 2.89 bits per heavy atom. The summed E-state index contributed by atoms with van der Waals surface area (Å²) in [7, 11) is 0. The molecule has 1 amide bonds. The van der Waals surface area contributed by atoms with Crippen LogP contribution in [-0.2, 0) is 4.74 Å². The Balaban J connectivity index is 2.07. The molecule has 0 aromatic carbocycles. The standard InChI is InChI=1S/C11H12N4O2S/c12-9(16)8-5-7-10(13-6-14-11(7)18-8)15-1-3-17-4-2-15/h5-6H,1-4H2,(H2,12,16). The number of amides is 1. The number of hydrogen-bond donors (Lipinski definition) is 1. The highest BCUT2D eigenvalue weighted by Crippen LogP contribution is 2.30. The van der Waals surface area contributed by atoms with Gasteiger partial charge in [0.1, 0.15) is 17.0 Å². The van der Waals surface area contributed by atoms with Gasteiger partial charge in [-0.3, -0.25) is 4.79 Å². The van der Waals surface area contributed by atoms with Crippen molar-refractivity contribution in [3.63, 3.8) is 0 Å². The summed E-state index contributed by atoms with van der Waals surface area (Å²) in [6.45, 7) is 2.98. The molecule has 0 saturated carbocycles. The lowest BCUT2D eigenvalue weighted by molar-refractivity contribution is 0.100. The molecular formula is C11H12N4O2S. The fraction of sp³-hybridized carbons (Fsp3) is 0.364. The first-order valence-corrected chi connectivity index (χ1v) is 6.44. The molecule has 0 radical (unpaired) electrons. The van der Waals surface area contributed by atoms with Crippen LogP contribution in [0.15, 0.2) is 12.4 Å². The van der Waals surface area contributed by atoms with Gasteiger partial charge in [0, 0.05) is 13.1 Å². The Morgan fingerprint density at radius 2 is 2.17 bits per heavy atom. The lowest BCUT2D eigenvalue weighted by Crippen LogP contribution is -2.36. The summed E-state index contributed by atoms with van der Waals surface area (Å²) in [4.78, 5) is 23.2. The van der Waals surface area contributed by atoms with Gasteiger partial charge in [-0.2, -0.15) is 0 Å². The Labute approximate surface area is 107 Å². The fourth-order valence-corrected chi connectivity index (χ4v) is 2.84. The van der Waals surface area contributed by atoms with Crippen molar-refractivity contribution in [3.05, 3.63) is 17.3 Å². The number of anilines is 1. The highest BCUT2D eigenvalue weighted by molar-refractivity contribution is 7.20. The van der Waals surface area contributed by atoms with Crippen LogP contribution in [0.5, 0.6) is 0 Å². The summed E-state index contributed by atoms with van der Waals surface area (Å²) in [5.74, 6) is 0.429. The van der Waals surface area contributed by atoms with Crippen molar-refractivity contribution in [3.8, 4) is 0 Å². The van der Waals surface area contributed by atoms with E-state index in [9.17, 15) is 4.79 Å². The summed E-state index contributed by atoms with van der Waals surface area (Å²) in [5.41, 5.74) is 5.30. The maximum Gasteiger partial charge on any atom is 0.258 e. The van der Waals surface area contributed by atoms with Gasteiger partial charge in [0.25, 0.3) is 5.91 Å². The van der Waals surface area contributed by atoms with Crippen LogP contribution in [0, 0.1) is 0 Å². The average molecular weight is 264 g/mol. The van der Waals surface area contributed by atoms with E-state index in [-0.39, 0.29) is 0 Å². The van der Waals surface area contributed by atoms with Crippen LogP contribution in [0.2, 0.25) is 0 Å². The number of hydrogen-bond acceptors (Lipinski definition) is 6. The van der Waals surface area contributed by atoms with Crippen LogP contribution in [0.1, 0.15) is 9.67 Å². The van der Waals surface area contributed by atoms with E-state index in [1.807, 2.05) is 0 Å². The van der Waals surface area contributed by atoms with Gasteiger partial charge in [0.05, 0.1) is 23.5 Å². The van der Waals surface area contributed by atoms with Crippen molar-refractivity contribution in [1.29, 1.82) is 0 Å². The molecule has 18 heavy (non-hydrogen) atoms. The quantitative estimate of drug-likeness (QED) is 0.860. The second kappa shape index (κ2) is 4.51. The topological polar surface area (TPSA) is 81.3 Å². The van der Waals surface area contributed by atoms with Crippen molar-refractivity contribution in [2.45, 2.75) is 0 Å². The summed E-state index contributed by atoms with van der Waals surface area (Å²) in [6.07, 6.45) is 1.52. The van der Waals surface area contributed by atoms with E-state index in [1.165, 1.54) is 17.7 Å². The Hall–Kier alpha value is -1.73. The number of fused-ring (bicyclic) bond motifs is 1. The lowest BCUT2D eigenvalue weighted by Gasteiger charge is -2.28. The third kappa shape index (κ3) is 1.91.